The number of aryl methyl sites for hydroxylation is 1. The topological polar surface area (TPSA) is 28.4 Å². The van der Waals surface area contributed by atoms with Gasteiger partial charge in [-0.15, -0.1) is 6.58 Å². The average Bonchev–Trinajstić information content (AvgIpc) is 2.98. The molecule has 2 unspecified atom stereocenters. The first kappa shape index (κ1) is 17.6. The van der Waals surface area contributed by atoms with Gasteiger partial charge < -0.3 is 9.67 Å². The third-order valence-electron chi connectivity index (χ3n) is 7.22. The molecule has 0 spiro atoms. The zero-order valence-electron chi connectivity index (χ0n) is 16.6. The van der Waals surface area contributed by atoms with Crippen molar-refractivity contribution in [1.82, 2.24) is 9.47 Å². The highest BCUT2D eigenvalue weighted by Gasteiger charge is 2.48. The molecule has 3 aromatic rings. The molecule has 144 valence electrons. The minimum Gasteiger partial charge on any atom is -0.508 e. The Kier molecular flexibility index (Phi) is 4.09. The second-order valence-electron chi connectivity index (χ2n) is 8.58. The summed E-state index contributed by atoms with van der Waals surface area (Å²) >= 11 is 0. The number of para-hydroxylation sites is 1. The number of phenols is 1. The fourth-order valence-electron chi connectivity index (χ4n) is 5.80. The fraction of sp³-hybridized carbons (Fsp3) is 0.360. The van der Waals surface area contributed by atoms with Crippen molar-refractivity contribution in [3.05, 3.63) is 78.0 Å². The molecule has 5 rings (SSSR count). The van der Waals surface area contributed by atoms with E-state index in [0.717, 1.165) is 38.9 Å². The van der Waals surface area contributed by atoms with E-state index in [1.807, 2.05) is 18.2 Å². The first-order chi connectivity index (χ1) is 13.6. The maximum atomic E-state index is 10.2. The molecule has 2 aromatic carbocycles. The average molecular weight is 373 g/mol. The van der Waals surface area contributed by atoms with E-state index >= 15 is 0 Å². The summed E-state index contributed by atoms with van der Waals surface area (Å²) in [4.78, 5) is 2.54. The number of rotatable bonds is 3. The Hall–Kier alpha value is -2.52. The van der Waals surface area contributed by atoms with E-state index in [1.165, 1.54) is 27.7 Å². The highest BCUT2D eigenvalue weighted by molar-refractivity contribution is 5.86. The van der Waals surface area contributed by atoms with Gasteiger partial charge in [0.25, 0.3) is 0 Å². The molecule has 0 saturated carbocycles. The van der Waals surface area contributed by atoms with E-state index in [9.17, 15) is 5.11 Å². The van der Waals surface area contributed by atoms with Crippen LogP contribution in [0.3, 0.4) is 0 Å². The van der Waals surface area contributed by atoms with Crippen LogP contribution in [0.15, 0.2) is 61.2 Å². The van der Waals surface area contributed by atoms with Gasteiger partial charge in [-0.3, -0.25) is 4.90 Å². The Morgan fingerprint density at radius 2 is 2.07 bits per heavy atom. The molecular formula is C25H28N2O. The lowest BCUT2D eigenvalue weighted by Gasteiger charge is -2.51. The zero-order chi connectivity index (χ0) is 19.3. The highest BCUT2D eigenvalue weighted by Crippen LogP contribution is 2.50. The minimum absolute atomic E-state index is 0.0888. The maximum absolute atomic E-state index is 10.2. The van der Waals surface area contributed by atoms with Gasteiger partial charge in [0.15, 0.2) is 0 Å². The molecule has 1 aromatic heterocycles. The predicted octanol–water partition coefficient (Wildman–Crippen LogP) is 4.43. The van der Waals surface area contributed by atoms with E-state index in [-0.39, 0.29) is 5.41 Å². The van der Waals surface area contributed by atoms with Crippen LogP contribution in [0.4, 0.5) is 0 Å². The molecule has 1 aliphatic carbocycles. The lowest BCUT2D eigenvalue weighted by atomic mass is 9.58. The second kappa shape index (κ2) is 6.52. The van der Waals surface area contributed by atoms with Gasteiger partial charge in [0.2, 0.25) is 0 Å². The van der Waals surface area contributed by atoms with Gasteiger partial charge in [-0.1, -0.05) is 36.4 Å². The molecule has 2 heterocycles. The third kappa shape index (κ3) is 2.53. The molecule has 3 nitrogen and oxygen atoms in total. The molecular weight excluding hydrogens is 344 g/mol. The van der Waals surface area contributed by atoms with Gasteiger partial charge in [-0.25, -0.2) is 0 Å². The summed E-state index contributed by atoms with van der Waals surface area (Å²) in [6.07, 6.45) is 5.28. The molecule has 28 heavy (non-hydrogen) atoms. The standard InChI is InChI=1S/C25H28N2O/c1-3-12-27-13-11-25(18-7-6-8-20(28)14-18)16-24-22(15-19(25)17-27)21-9-4-5-10-23(21)26(24)2/h3-10,14,19,28H,1,11-13,15-17H2,2H3. The van der Waals surface area contributed by atoms with Crippen LogP contribution >= 0.6 is 0 Å². The minimum atomic E-state index is 0.0888. The van der Waals surface area contributed by atoms with E-state index in [4.69, 9.17) is 0 Å². The van der Waals surface area contributed by atoms with Crippen molar-refractivity contribution in [2.24, 2.45) is 13.0 Å². The number of benzene rings is 2. The van der Waals surface area contributed by atoms with Gasteiger partial charge in [-0.05, 0) is 61.1 Å². The van der Waals surface area contributed by atoms with Crippen LogP contribution < -0.4 is 0 Å². The van der Waals surface area contributed by atoms with E-state index in [0.29, 0.717) is 11.7 Å². The SMILES string of the molecule is C=CCN1CCC2(c3cccc(O)c3)Cc3c(c4ccccc4n3C)CC2C1. The van der Waals surface area contributed by atoms with Crippen LogP contribution in [0.2, 0.25) is 0 Å². The number of piperidine rings is 1. The van der Waals surface area contributed by atoms with Gasteiger partial charge >= 0.3 is 0 Å². The van der Waals surface area contributed by atoms with E-state index < -0.39 is 0 Å². The summed E-state index contributed by atoms with van der Waals surface area (Å²) in [6, 6.07) is 16.8. The van der Waals surface area contributed by atoms with E-state index in [1.54, 1.807) is 6.07 Å². The molecule has 3 heteroatoms. The van der Waals surface area contributed by atoms with Crippen LogP contribution in [-0.2, 0) is 25.3 Å². The summed E-state index contributed by atoms with van der Waals surface area (Å²) in [6.45, 7) is 7.07. The van der Waals surface area contributed by atoms with Crippen molar-refractivity contribution in [1.29, 1.82) is 0 Å². The molecule has 1 N–H and O–H groups in total. The number of aromatic nitrogens is 1. The van der Waals surface area contributed by atoms with Gasteiger partial charge in [-0.2, -0.15) is 0 Å². The number of phenolic OH excluding ortho intramolecular Hbond substituents is 1. The van der Waals surface area contributed by atoms with Crippen molar-refractivity contribution in [3.63, 3.8) is 0 Å². The number of likely N-dealkylation sites (tertiary alicyclic amines) is 1. The summed E-state index contributed by atoms with van der Waals surface area (Å²) in [5.41, 5.74) is 5.72. The molecule has 1 fully saturated rings. The largest absolute Gasteiger partial charge is 0.508 e. The van der Waals surface area contributed by atoms with Crippen molar-refractivity contribution in [2.45, 2.75) is 24.7 Å². The number of hydrogen-bond acceptors (Lipinski definition) is 2. The lowest BCUT2D eigenvalue weighted by Crippen LogP contribution is -2.53. The monoisotopic (exact) mass is 372 g/mol. The quantitative estimate of drug-likeness (QED) is 0.689. The second-order valence-corrected chi connectivity index (χ2v) is 8.58. The summed E-state index contributed by atoms with van der Waals surface area (Å²) < 4.78 is 2.40. The van der Waals surface area contributed by atoms with Crippen molar-refractivity contribution < 1.29 is 5.11 Å². The fourth-order valence-corrected chi connectivity index (χ4v) is 5.80. The molecule has 0 amide bonds. The Morgan fingerprint density at radius 1 is 1.21 bits per heavy atom. The van der Waals surface area contributed by atoms with Crippen LogP contribution in [0.5, 0.6) is 5.75 Å². The van der Waals surface area contributed by atoms with Crippen molar-refractivity contribution >= 4 is 10.9 Å². The summed E-state index contributed by atoms with van der Waals surface area (Å²) in [5.74, 6) is 0.920. The zero-order valence-corrected chi connectivity index (χ0v) is 16.6. The smallest absolute Gasteiger partial charge is 0.115 e. The van der Waals surface area contributed by atoms with Gasteiger partial charge in [0, 0.05) is 42.1 Å². The van der Waals surface area contributed by atoms with Gasteiger partial charge in [0.1, 0.15) is 5.75 Å². The molecule has 0 radical (unpaired) electrons. The number of fused-ring (bicyclic) bond motifs is 4. The molecule has 2 atom stereocenters. The Labute approximate surface area is 166 Å². The summed E-state index contributed by atoms with van der Waals surface area (Å²) in [7, 11) is 2.21. The first-order valence-electron chi connectivity index (χ1n) is 10.3. The van der Waals surface area contributed by atoms with Crippen LogP contribution in [0.1, 0.15) is 23.2 Å². The Balaban J connectivity index is 1.67. The van der Waals surface area contributed by atoms with Crippen molar-refractivity contribution in [3.8, 4) is 5.75 Å². The molecule has 0 bridgehead atoms. The first-order valence-corrected chi connectivity index (χ1v) is 10.3. The Morgan fingerprint density at radius 3 is 2.89 bits per heavy atom. The third-order valence-corrected chi connectivity index (χ3v) is 7.22. The number of nitrogens with zero attached hydrogens (tertiary/aromatic N) is 2. The summed E-state index contributed by atoms with van der Waals surface area (Å²) in [5, 5.41) is 11.6. The molecule has 1 saturated heterocycles. The van der Waals surface area contributed by atoms with Gasteiger partial charge in [0.05, 0.1) is 0 Å². The molecule has 2 aliphatic rings. The number of aromatic hydroxyl groups is 1. The molecule has 1 aliphatic heterocycles. The Bertz CT molecular complexity index is 1050. The van der Waals surface area contributed by atoms with E-state index in [2.05, 4.69) is 53.4 Å². The van der Waals surface area contributed by atoms with Crippen LogP contribution in [0, 0.1) is 5.92 Å². The highest BCUT2D eigenvalue weighted by atomic mass is 16.3. The van der Waals surface area contributed by atoms with Crippen LogP contribution in [-0.4, -0.2) is 34.2 Å². The van der Waals surface area contributed by atoms with Crippen LogP contribution in [0.25, 0.3) is 10.9 Å². The predicted molar refractivity (Wildman–Crippen MR) is 115 cm³/mol. The lowest BCUT2D eigenvalue weighted by molar-refractivity contribution is 0.0888. The normalized spacial score (nSPS) is 24.7. The number of hydrogen-bond donors (Lipinski definition) is 1. The van der Waals surface area contributed by atoms with Crippen molar-refractivity contribution in [2.75, 3.05) is 19.6 Å². The maximum Gasteiger partial charge on any atom is 0.115 e.